The molecule has 2 rings (SSSR count). The van der Waals surface area contributed by atoms with Crippen LogP contribution in [0.3, 0.4) is 0 Å². The summed E-state index contributed by atoms with van der Waals surface area (Å²) in [5.41, 5.74) is 6.52. The molecule has 2 fully saturated rings. The lowest BCUT2D eigenvalue weighted by atomic mass is 9.82. The zero-order valence-corrected chi connectivity index (χ0v) is 13.0. The highest BCUT2D eigenvalue weighted by Gasteiger charge is 2.39. The normalized spacial score (nSPS) is 26.7. The number of piperidine rings is 2. The summed E-state index contributed by atoms with van der Waals surface area (Å²) in [7, 11) is 0. The SMILES string of the molecule is CCCN1CCC(CN)(N2CCC(CC)CC2)CC1. The summed E-state index contributed by atoms with van der Waals surface area (Å²) in [6.07, 6.45) is 7.96. The lowest BCUT2D eigenvalue weighted by molar-refractivity contribution is 0.00400. The monoisotopic (exact) mass is 267 g/mol. The Kier molecular flexibility index (Phi) is 5.67. The second-order valence-corrected chi connectivity index (χ2v) is 6.61. The molecule has 0 amide bonds. The minimum absolute atomic E-state index is 0.322. The van der Waals surface area contributed by atoms with E-state index in [0.717, 1.165) is 12.5 Å². The van der Waals surface area contributed by atoms with Crippen molar-refractivity contribution in [2.75, 3.05) is 39.3 Å². The highest BCUT2D eigenvalue weighted by molar-refractivity contribution is 4.97. The smallest absolute Gasteiger partial charge is 0.0356 e. The maximum Gasteiger partial charge on any atom is 0.0356 e. The fourth-order valence-electron chi connectivity index (χ4n) is 3.97. The van der Waals surface area contributed by atoms with E-state index in [4.69, 9.17) is 5.73 Å². The molecule has 0 saturated carbocycles. The number of hydrogen-bond acceptors (Lipinski definition) is 3. The van der Waals surface area contributed by atoms with Crippen molar-refractivity contribution >= 4 is 0 Å². The van der Waals surface area contributed by atoms with E-state index in [1.165, 1.54) is 71.2 Å². The Balaban J connectivity index is 1.89. The van der Waals surface area contributed by atoms with Crippen LogP contribution in [0.2, 0.25) is 0 Å². The molecule has 0 bridgehead atoms. The van der Waals surface area contributed by atoms with Gasteiger partial charge < -0.3 is 10.6 Å². The Morgan fingerprint density at radius 3 is 2.16 bits per heavy atom. The molecule has 0 radical (unpaired) electrons. The first kappa shape index (κ1) is 15.3. The van der Waals surface area contributed by atoms with Crippen LogP contribution in [0.4, 0.5) is 0 Å². The van der Waals surface area contributed by atoms with Crippen LogP contribution in [0.15, 0.2) is 0 Å². The molecule has 2 aliphatic rings. The van der Waals surface area contributed by atoms with Gasteiger partial charge in [-0.1, -0.05) is 20.3 Å². The van der Waals surface area contributed by atoms with Gasteiger partial charge in [-0.2, -0.15) is 0 Å². The van der Waals surface area contributed by atoms with E-state index in [-0.39, 0.29) is 0 Å². The topological polar surface area (TPSA) is 32.5 Å². The van der Waals surface area contributed by atoms with Gasteiger partial charge in [-0.25, -0.2) is 0 Å². The average molecular weight is 267 g/mol. The lowest BCUT2D eigenvalue weighted by Crippen LogP contribution is -2.61. The van der Waals surface area contributed by atoms with Crippen LogP contribution < -0.4 is 5.73 Å². The molecule has 0 aromatic rings. The third-order valence-corrected chi connectivity index (χ3v) is 5.57. The van der Waals surface area contributed by atoms with Crippen molar-refractivity contribution in [1.82, 2.24) is 9.80 Å². The Hall–Kier alpha value is -0.120. The number of nitrogens with zero attached hydrogens (tertiary/aromatic N) is 2. The molecule has 0 aromatic carbocycles. The van der Waals surface area contributed by atoms with Crippen LogP contribution in [0.5, 0.6) is 0 Å². The summed E-state index contributed by atoms with van der Waals surface area (Å²) in [5, 5.41) is 0. The molecule has 3 heteroatoms. The van der Waals surface area contributed by atoms with Gasteiger partial charge in [0.05, 0.1) is 0 Å². The molecule has 0 aliphatic carbocycles. The van der Waals surface area contributed by atoms with E-state index >= 15 is 0 Å². The Bertz CT molecular complexity index is 251. The first-order chi connectivity index (χ1) is 9.24. The molecule has 19 heavy (non-hydrogen) atoms. The quantitative estimate of drug-likeness (QED) is 0.830. The standard InChI is InChI=1S/C16H33N3/c1-3-9-18-12-7-16(14-17,8-13-18)19-10-5-15(4-2)6-11-19/h15H,3-14,17H2,1-2H3. The molecule has 2 N–H and O–H groups in total. The Labute approximate surface area is 119 Å². The van der Waals surface area contributed by atoms with Gasteiger partial charge in [0, 0.05) is 12.1 Å². The first-order valence-corrected chi connectivity index (χ1v) is 8.41. The molecule has 0 atom stereocenters. The van der Waals surface area contributed by atoms with Gasteiger partial charge in [-0.05, 0) is 70.7 Å². The summed E-state index contributed by atoms with van der Waals surface area (Å²) < 4.78 is 0. The van der Waals surface area contributed by atoms with E-state index in [0.29, 0.717) is 5.54 Å². The number of likely N-dealkylation sites (tertiary alicyclic amines) is 2. The summed E-state index contributed by atoms with van der Waals surface area (Å²) in [4.78, 5) is 5.36. The number of hydrogen-bond donors (Lipinski definition) is 1. The molecular formula is C16H33N3. The molecule has 3 nitrogen and oxygen atoms in total. The summed E-state index contributed by atoms with van der Waals surface area (Å²) in [6, 6.07) is 0. The van der Waals surface area contributed by atoms with Crippen molar-refractivity contribution in [2.45, 2.75) is 57.9 Å². The van der Waals surface area contributed by atoms with Gasteiger partial charge in [0.15, 0.2) is 0 Å². The highest BCUT2D eigenvalue weighted by Crippen LogP contribution is 2.32. The van der Waals surface area contributed by atoms with Crippen LogP contribution >= 0.6 is 0 Å². The number of rotatable bonds is 5. The van der Waals surface area contributed by atoms with Crippen LogP contribution in [-0.4, -0.2) is 54.6 Å². The zero-order valence-electron chi connectivity index (χ0n) is 13.0. The minimum atomic E-state index is 0.322. The van der Waals surface area contributed by atoms with Crippen molar-refractivity contribution in [3.8, 4) is 0 Å². The molecule has 112 valence electrons. The fourth-order valence-corrected chi connectivity index (χ4v) is 3.97. The van der Waals surface area contributed by atoms with Gasteiger partial charge in [0.1, 0.15) is 0 Å². The van der Waals surface area contributed by atoms with Crippen molar-refractivity contribution in [3.05, 3.63) is 0 Å². The lowest BCUT2D eigenvalue weighted by Gasteiger charge is -2.50. The van der Waals surface area contributed by atoms with Gasteiger partial charge in [0.25, 0.3) is 0 Å². The third kappa shape index (κ3) is 3.50. The molecule has 2 aliphatic heterocycles. The van der Waals surface area contributed by atoms with Crippen LogP contribution in [0, 0.1) is 5.92 Å². The largest absolute Gasteiger partial charge is 0.329 e. The number of nitrogens with two attached hydrogens (primary N) is 1. The molecule has 0 unspecified atom stereocenters. The average Bonchev–Trinajstić information content (AvgIpc) is 2.49. The molecule has 2 saturated heterocycles. The zero-order chi connectivity index (χ0) is 13.7. The van der Waals surface area contributed by atoms with Gasteiger partial charge in [0.2, 0.25) is 0 Å². The summed E-state index contributed by atoms with van der Waals surface area (Å²) in [5.74, 6) is 0.964. The van der Waals surface area contributed by atoms with Gasteiger partial charge >= 0.3 is 0 Å². The van der Waals surface area contributed by atoms with Crippen molar-refractivity contribution < 1.29 is 0 Å². The van der Waals surface area contributed by atoms with Gasteiger partial charge in [-0.3, -0.25) is 4.90 Å². The Morgan fingerprint density at radius 1 is 1.05 bits per heavy atom. The van der Waals surface area contributed by atoms with Crippen LogP contribution in [0.1, 0.15) is 52.4 Å². The van der Waals surface area contributed by atoms with Crippen LogP contribution in [-0.2, 0) is 0 Å². The predicted molar refractivity (Wildman–Crippen MR) is 82.3 cm³/mol. The van der Waals surface area contributed by atoms with Crippen molar-refractivity contribution in [2.24, 2.45) is 11.7 Å². The Morgan fingerprint density at radius 2 is 1.68 bits per heavy atom. The fraction of sp³-hybridized carbons (Fsp3) is 1.00. The van der Waals surface area contributed by atoms with Crippen molar-refractivity contribution in [1.29, 1.82) is 0 Å². The molecule has 0 aromatic heterocycles. The first-order valence-electron chi connectivity index (χ1n) is 8.41. The van der Waals surface area contributed by atoms with E-state index < -0.39 is 0 Å². The molecular weight excluding hydrogens is 234 g/mol. The molecule has 2 heterocycles. The van der Waals surface area contributed by atoms with E-state index in [1.54, 1.807) is 0 Å². The maximum atomic E-state index is 6.20. The highest BCUT2D eigenvalue weighted by atomic mass is 15.2. The second kappa shape index (κ2) is 7.05. The van der Waals surface area contributed by atoms with E-state index in [1.807, 2.05) is 0 Å². The molecule has 0 spiro atoms. The maximum absolute atomic E-state index is 6.20. The van der Waals surface area contributed by atoms with E-state index in [9.17, 15) is 0 Å². The van der Waals surface area contributed by atoms with Crippen molar-refractivity contribution in [3.63, 3.8) is 0 Å². The second-order valence-electron chi connectivity index (χ2n) is 6.61. The van der Waals surface area contributed by atoms with E-state index in [2.05, 4.69) is 23.6 Å². The summed E-state index contributed by atoms with van der Waals surface area (Å²) >= 11 is 0. The minimum Gasteiger partial charge on any atom is -0.329 e. The van der Waals surface area contributed by atoms with Crippen LogP contribution in [0.25, 0.3) is 0 Å². The predicted octanol–water partition coefficient (Wildman–Crippen LogP) is 2.31. The summed E-state index contributed by atoms with van der Waals surface area (Å²) in [6.45, 7) is 11.8. The third-order valence-electron chi connectivity index (χ3n) is 5.57. The van der Waals surface area contributed by atoms with Gasteiger partial charge in [-0.15, -0.1) is 0 Å².